The third-order valence-electron chi connectivity index (χ3n) is 2.32. The number of anilines is 1. The summed E-state index contributed by atoms with van der Waals surface area (Å²) in [5.41, 5.74) is 1.37. The first kappa shape index (κ1) is 13.5. The second kappa shape index (κ2) is 4.97. The molecular weight excluding hydrogens is 292 g/mol. The van der Waals surface area contributed by atoms with E-state index in [1.807, 2.05) is 6.92 Å². The number of aromatic nitrogens is 3. The number of aromatic carboxylic acids is 1. The molecule has 0 aliphatic rings. The fraction of sp³-hybridized carbons (Fsp3) is 0.222. The van der Waals surface area contributed by atoms with Crippen LogP contribution in [0.1, 0.15) is 23.0 Å². The molecule has 0 spiro atoms. The molecule has 0 radical (unpaired) electrons. The van der Waals surface area contributed by atoms with E-state index in [9.17, 15) is 13.2 Å². The van der Waals surface area contributed by atoms with Crippen LogP contribution < -0.4 is 4.72 Å². The lowest BCUT2D eigenvalue weighted by Crippen LogP contribution is -2.16. The van der Waals surface area contributed by atoms with Crippen LogP contribution in [-0.2, 0) is 16.4 Å². The van der Waals surface area contributed by atoms with Gasteiger partial charge >= 0.3 is 5.97 Å². The number of carboxylic acids is 1. The normalized spacial score (nSPS) is 11.4. The number of H-pyrrole nitrogens is 1. The Balaban J connectivity index is 2.38. The molecule has 2 rings (SSSR count). The molecule has 0 saturated heterocycles. The van der Waals surface area contributed by atoms with Crippen LogP contribution in [0.2, 0.25) is 0 Å². The molecular formula is C9H10N4O4S2. The van der Waals surface area contributed by atoms with E-state index in [1.54, 1.807) is 0 Å². The minimum absolute atomic E-state index is 0.229. The van der Waals surface area contributed by atoms with Crippen LogP contribution in [0.25, 0.3) is 0 Å². The Bertz CT molecular complexity index is 703. The monoisotopic (exact) mass is 302 g/mol. The van der Waals surface area contributed by atoms with Crippen molar-refractivity contribution in [2.24, 2.45) is 0 Å². The summed E-state index contributed by atoms with van der Waals surface area (Å²) in [7, 11) is -3.99. The Morgan fingerprint density at radius 1 is 1.58 bits per heavy atom. The molecule has 8 nitrogen and oxygen atoms in total. The minimum Gasteiger partial charge on any atom is -0.476 e. The van der Waals surface area contributed by atoms with Gasteiger partial charge in [0.25, 0.3) is 10.0 Å². The van der Waals surface area contributed by atoms with Crippen molar-refractivity contribution in [2.45, 2.75) is 17.6 Å². The second-order valence-corrected chi connectivity index (χ2v) is 6.26. The standard InChI is InChI=1S/C9H10N4O4S2/c1-2-5-3-11-12-7(5)13-19(16,17)9-6(8(14)15)10-4-18-9/h3-4H,2H2,1H3,(H,14,15)(H2,11,12,13). The zero-order valence-corrected chi connectivity index (χ0v) is 11.4. The number of hydrogen-bond donors (Lipinski definition) is 3. The van der Waals surface area contributed by atoms with Crippen molar-refractivity contribution in [1.82, 2.24) is 15.2 Å². The van der Waals surface area contributed by atoms with Crippen molar-refractivity contribution in [2.75, 3.05) is 4.72 Å². The molecule has 0 unspecified atom stereocenters. The highest BCUT2D eigenvalue weighted by atomic mass is 32.2. The quantitative estimate of drug-likeness (QED) is 0.754. The molecule has 0 aromatic carbocycles. The zero-order valence-electron chi connectivity index (χ0n) is 9.74. The Hall–Kier alpha value is -1.94. The highest BCUT2D eigenvalue weighted by Crippen LogP contribution is 2.23. The fourth-order valence-electron chi connectivity index (χ4n) is 1.42. The number of sulfonamides is 1. The van der Waals surface area contributed by atoms with Crippen molar-refractivity contribution in [3.63, 3.8) is 0 Å². The number of thiazole rings is 1. The highest BCUT2D eigenvalue weighted by Gasteiger charge is 2.26. The molecule has 0 saturated carbocycles. The van der Waals surface area contributed by atoms with Gasteiger partial charge in [0, 0.05) is 5.56 Å². The van der Waals surface area contributed by atoms with Gasteiger partial charge in [0.15, 0.2) is 9.90 Å². The molecule has 3 N–H and O–H groups in total. The summed E-state index contributed by atoms with van der Waals surface area (Å²) in [6.07, 6.45) is 2.09. The third kappa shape index (κ3) is 2.58. The number of carbonyl (C=O) groups is 1. The van der Waals surface area contributed by atoms with Crippen molar-refractivity contribution in [3.8, 4) is 0 Å². The summed E-state index contributed by atoms with van der Waals surface area (Å²) in [4.78, 5) is 14.4. The van der Waals surface area contributed by atoms with E-state index in [4.69, 9.17) is 5.11 Å². The highest BCUT2D eigenvalue weighted by molar-refractivity contribution is 7.94. The molecule has 10 heteroatoms. The molecule has 0 amide bonds. The van der Waals surface area contributed by atoms with Crippen molar-refractivity contribution in [3.05, 3.63) is 23.0 Å². The summed E-state index contributed by atoms with van der Waals surface area (Å²) in [6, 6.07) is 0. The summed E-state index contributed by atoms with van der Waals surface area (Å²) in [5.74, 6) is -1.16. The molecule has 0 aliphatic heterocycles. The van der Waals surface area contributed by atoms with Gasteiger partial charge in [-0.3, -0.25) is 9.82 Å². The third-order valence-corrected chi connectivity index (χ3v) is 5.04. The summed E-state index contributed by atoms with van der Waals surface area (Å²) >= 11 is 0.743. The lowest BCUT2D eigenvalue weighted by atomic mass is 10.3. The summed E-state index contributed by atoms with van der Waals surface area (Å²) < 4.78 is 26.1. The number of nitrogens with one attached hydrogen (secondary N) is 2. The van der Waals surface area contributed by atoms with Gasteiger partial charge in [0.2, 0.25) is 0 Å². The number of aryl methyl sites for hydroxylation is 1. The first-order valence-corrected chi connectivity index (χ1v) is 7.53. The minimum atomic E-state index is -3.99. The van der Waals surface area contributed by atoms with Gasteiger partial charge in [0.05, 0.1) is 11.7 Å². The van der Waals surface area contributed by atoms with Crippen LogP contribution in [-0.4, -0.2) is 34.7 Å². The lowest BCUT2D eigenvalue weighted by Gasteiger charge is -2.06. The van der Waals surface area contributed by atoms with Gasteiger partial charge in [0.1, 0.15) is 5.82 Å². The Morgan fingerprint density at radius 2 is 2.32 bits per heavy atom. The molecule has 2 aromatic rings. The summed E-state index contributed by atoms with van der Waals surface area (Å²) in [6.45, 7) is 1.85. The molecule has 2 heterocycles. The van der Waals surface area contributed by atoms with Crippen molar-refractivity contribution in [1.29, 1.82) is 0 Å². The SMILES string of the molecule is CCc1cn[nH]c1NS(=O)(=O)c1scnc1C(=O)O. The van der Waals surface area contributed by atoms with E-state index >= 15 is 0 Å². The average Bonchev–Trinajstić information content (AvgIpc) is 2.95. The van der Waals surface area contributed by atoms with E-state index in [0.717, 1.165) is 11.3 Å². The van der Waals surface area contributed by atoms with E-state index in [2.05, 4.69) is 19.9 Å². The average molecular weight is 302 g/mol. The predicted octanol–water partition coefficient (Wildman–Crippen LogP) is 0.928. The number of aromatic amines is 1. The van der Waals surface area contributed by atoms with Crippen LogP contribution in [0.4, 0.5) is 5.82 Å². The number of carboxylic acid groups (broad SMARTS) is 1. The molecule has 0 bridgehead atoms. The molecule has 0 aliphatic carbocycles. The first-order valence-electron chi connectivity index (χ1n) is 5.17. The van der Waals surface area contributed by atoms with E-state index in [-0.39, 0.29) is 10.0 Å². The van der Waals surface area contributed by atoms with E-state index in [0.29, 0.717) is 12.0 Å². The van der Waals surface area contributed by atoms with Gasteiger partial charge in [-0.1, -0.05) is 6.92 Å². The maximum Gasteiger partial charge on any atom is 0.356 e. The Labute approximate surface area is 112 Å². The molecule has 0 atom stereocenters. The Morgan fingerprint density at radius 3 is 2.95 bits per heavy atom. The Kier molecular flexibility index (Phi) is 3.53. The van der Waals surface area contributed by atoms with Gasteiger partial charge in [-0.15, -0.1) is 11.3 Å². The zero-order chi connectivity index (χ0) is 14.0. The van der Waals surface area contributed by atoms with E-state index in [1.165, 1.54) is 11.7 Å². The summed E-state index contributed by atoms with van der Waals surface area (Å²) in [5, 5.41) is 15.1. The number of hydrogen-bond acceptors (Lipinski definition) is 6. The van der Waals surface area contributed by atoms with Crippen LogP contribution in [0.3, 0.4) is 0 Å². The van der Waals surface area contributed by atoms with E-state index < -0.39 is 21.7 Å². The van der Waals surface area contributed by atoms with Crippen LogP contribution in [0.15, 0.2) is 15.9 Å². The maximum atomic E-state index is 12.1. The molecule has 102 valence electrons. The second-order valence-electron chi connectivity index (χ2n) is 3.52. The fourth-order valence-corrected chi connectivity index (χ4v) is 3.62. The lowest BCUT2D eigenvalue weighted by molar-refractivity contribution is 0.0687. The largest absolute Gasteiger partial charge is 0.476 e. The topological polar surface area (TPSA) is 125 Å². The first-order chi connectivity index (χ1) is 8.95. The van der Waals surface area contributed by atoms with Gasteiger partial charge < -0.3 is 5.11 Å². The number of nitrogens with zero attached hydrogens (tertiary/aromatic N) is 2. The van der Waals surface area contributed by atoms with Gasteiger partial charge in [-0.05, 0) is 6.42 Å². The van der Waals surface area contributed by atoms with Crippen LogP contribution in [0, 0.1) is 0 Å². The van der Waals surface area contributed by atoms with Crippen LogP contribution >= 0.6 is 11.3 Å². The molecule has 2 aromatic heterocycles. The smallest absolute Gasteiger partial charge is 0.356 e. The van der Waals surface area contributed by atoms with Crippen molar-refractivity contribution >= 4 is 33.1 Å². The number of rotatable bonds is 5. The van der Waals surface area contributed by atoms with Crippen molar-refractivity contribution < 1.29 is 18.3 Å². The molecule has 19 heavy (non-hydrogen) atoms. The van der Waals surface area contributed by atoms with Crippen LogP contribution in [0.5, 0.6) is 0 Å². The molecule has 0 fully saturated rings. The van der Waals surface area contributed by atoms with Gasteiger partial charge in [-0.2, -0.15) is 5.10 Å². The maximum absolute atomic E-state index is 12.1. The predicted molar refractivity (Wildman–Crippen MR) is 67.8 cm³/mol. The van der Waals surface area contributed by atoms with Gasteiger partial charge in [-0.25, -0.2) is 18.2 Å².